The first-order valence-electron chi connectivity index (χ1n) is 8.33. The molecule has 0 spiro atoms. The number of hydrogen-bond donors (Lipinski definition) is 2. The molecule has 1 heterocycles. The van der Waals surface area contributed by atoms with Crippen LogP contribution in [0.4, 0.5) is 17.6 Å². The van der Waals surface area contributed by atoms with E-state index in [4.69, 9.17) is 4.74 Å². The van der Waals surface area contributed by atoms with Gasteiger partial charge in [0.1, 0.15) is 11.6 Å². The molecule has 0 amide bonds. The molecule has 0 aliphatic carbocycles. The molecule has 2 N–H and O–H groups in total. The van der Waals surface area contributed by atoms with Crippen LogP contribution in [-0.4, -0.2) is 30.2 Å². The first-order chi connectivity index (χ1) is 12.9. The Morgan fingerprint density at radius 1 is 1.18 bits per heavy atom. The summed E-state index contributed by atoms with van der Waals surface area (Å²) in [5.41, 5.74) is 0.606. The molecule has 2 aromatic rings. The van der Waals surface area contributed by atoms with Crippen LogP contribution < -0.4 is 15.4 Å². The fourth-order valence-corrected chi connectivity index (χ4v) is 2.11. The van der Waals surface area contributed by atoms with E-state index in [0.717, 1.165) is 0 Å². The minimum Gasteiger partial charge on any atom is -0.439 e. The quantitative estimate of drug-likeness (QED) is 0.246. The summed E-state index contributed by atoms with van der Waals surface area (Å²) in [6, 6.07) is 9.04. The summed E-state index contributed by atoms with van der Waals surface area (Å²) in [4.78, 5) is 8.37. The molecule has 0 aliphatic heterocycles. The van der Waals surface area contributed by atoms with Gasteiger partial charge in [-0.25, -0.2) is 14.4 Å². The molecule has 1 aromatic heterocycles. The van der Waals surface area contributed by atoms with E-state index in [-0.39, 0.29) is 54.7 Å². The normalized spacial score (nSPS) is 11.5. The lowest BCUT2D eigenvalue weighted by atomic mass is 10.2. The van der Waals surface area contributed by atoms with Crippen molar-refractivity contribution in [2.45, 2.75) is 26.1 Å². The monoisotopic (exact) mass is 512 g/mol. The lowest BCUT2D eigenvalue weighted by Crippen LogP contribution is -2.38. The number of nitrogens with zero attached hydrogens (tertiary/aromatic N) is 2. The van der Waals surface area contributed by atoms with Gasteiger partial charge in [0.25, 0.3) is 0 Å². The summed E-state index contributed by atoms with van der Waals surface area (Å²) in [7, 11) is 0. The zero-order valence-corrected chi connectivity index (χ0v) is 17.4. The van der Waals surface area contributed by atoms with Gasteiger partial charge in [-0.15, -0.1) is 24.0 Å². The SMILES string of the molecule is CCNC(=NCc1cccnc1Oc1cccc(F)c1)NCCC(F)(F)F.I. The first-order valence-corrected chi connectivity index (χ1v) is 8.33. The minimum atomic E-state index is -4.24. The van der Waals surface area contributed by atoms with Crippen LogP contribution in [0.25, 0.3) is 0 Å². The number of hydrogen-bond acceptors (Lipinski definition) is 3. The molecular formula is C18H21F4IN4O. The third-order valence-corrected chi connectivity index (χ3v) is 3.31. The van der Waals surface area contributed by atoms with Crippen molar-refractivity contribution >= 4 is 29.9 Å². The lowest BCUT2D eigenvalue weighted by molar-refractivity contribution is -0.132. The lowest BCUT2D eigenvalue weighted by Gasteiger charge is -2.13. The summed E-state index contributed by atoms with van der Waals surface area (Å²) in [6.07, 6.45) is -3.67. The van der Waals surface area contributed by atoms with Crippen molar-refractivity contribution in [3.05, 3.63) is 54.0 Å². The van der Waals surface area contributed by atoms with Crippen LogP contribution in [-0.2, 0) is 6.54 Å². The highest BCUT2D eigenvalue weighted by Gasteiger charge is 2.26. The Labute approximate surface area is 177 Å². The highest BCUT2D eigenvalue weighted by Crippen LogP contribution is 2.24. The highest BCUT2D eigenvalue weighted by molar-refractivity contribution is 14.0. The number of ether oxygens (including phenoxy) is 1. The van der Waals surface area contributed by atoms with Crippen molar-refractivity contribution in [2.75, 3.05) is 13.1 Å². The van der Waals surface area contributed by atoms with Gasteiger partial charge < -0.3 is 15.4 Å². The van der Waals surface area contributed by atoms with Gasteiger partial charge in [0.05, 0.1) is 13.0 Å². The zero-order valence-electron chi connectivity index (χ0n) is 15.1. The van der Waals surface area contributed by atoms with Gasteiger partial charge >= 0.3 is 6.18 Å². The number of nitrogens with one attached hydrogen (secondary N) is 2. The maximum atomic E-state index is 13.3. The van der Waals surface area contributed by atoms with Crippen molar-refractivity contribution in [1.82, 2.24) is 15.6 Å². The summed E-state index contributed by atoms with van der Waals surface area (Å²) < 4.78 is 55.7. The summed E-state index contributed by atoms with van der Waals surface area (Å²) in [5.74, 6) is 0.348. The molecule has 0 unspecified atom stereocenters. The van der Waals surface area contributed by atoms with Crippen LogP contribution in [0.1, 0.15) is 18.9 Å². The average molecular weight is 512 g/mol. The van der Waals surface area contributed by atoms with Crippen LogP contribution in [0, 0.1) is 5.82 Å². The number of pyridine rings is 1. The second-order valence-electron chi connectivity index (χ2n) is 5.51. The molecule has 0 radical (unpaired) electrons. The van der Waals surface area contributed by atoms with Gasteiger partial charge in [-0.2, -0.15) is 13.2 Å². The number of aliphatic imine (C=N–C) groups is 1. The summed E-state index contributed by atoms with van der Waals surface area (Å²) >= 11 is 0. The van der Waals surface area contributed by atoms with Crippen LogP contribution in [0.2, 0.25) is 0 Å². The Hall–Kier alpha value is -2.11. The predicted octanol–water partition coefficient (Wildman–Crippen LogP) is 4.64. The maximum absolute atomic E-state index is 13.3. The number of aromatic nitrogens is 1. The predicted molar refractivity (Wildman–Crippen MR) is 110 cm³/mol. The first kappa shape index (κ1) is 23.9. The maximum Gasteiger partial charge on any atom is 0.390 e. The van der Waals surface area contributed by atoms with Crippen LogP contribution >= 0.6 is 24.0 Å². The van der Waals surface area contributed by atoms with Crippen molar-refractivity contribution < 1.29 is 22.3 Å². The van der Waals surface area contributed by atoms with Crippen molar-refractivity contribution in [3.8, 4) is 11.6 Å². The van der Waals surface area contributed by atoms with Gasteiger partial charge in [0.15, 0.2) is 5.96 Å². The number of halogens is 5. The van der Waals surface area contributed by atoms with Crippen LogP contribution in [0.5, 0.6) is 11.6 Å². The Morgan fingerprint density at radius 2 is 1.96 bits per heavy atom. The standard InChI is InChI=1S/C18H20F4N4O.HI/c1-2-23-17(25-10-8-18(20,21)22)26-12-13-5-4-9-24-16(13)27-15-7-3-6-14(19)11-15;/h3-7,9,11H,2,8,10,12H2,1H3,(H2,23,25,26);1H. The number of alkyl halides is 3. The molecule has 154 valence electrons. The molecule has 10 heteroatoms. The largest absolute Gasteiger partial charge is 0.439 e. The van der Waals surface area contributed by atoms with Gasteiger partial charge in [-0.05, 0) is 25.1 Å². The highest BCUT2D eigenvalue weighted by atomic mass is 127. The fraction of sp³-hybridized carbons (Fsp3) is 0.333. The molecule has 0 saturated heterocycles. The number of benzene rings is 1. The van der Waals surface area contributed by atoms with Gasteiger partial charge in [0.2, 0.25) is 5.88 Å². The fourth-order valence-electron chi connectivity index (χ4n) is 2.11. The Kier molecular flexibility index (Phi) is 9.97. The third-order valence-electron chi connectivity index (χ3n) is 3.31. The molecule has 0 aliphatic rings. The average Bonchev–Trinajstić information content (AvgIpc) is 2.60. The summed E-state index contributed by atoms with van der Waals surface area (Å²) in [6.45, 7) is 2.15. The van der Waals surface area contributed by atoms with E-state index < -0.39 is 18.4 Å². The van der Waals surface area contributed by atoms with E-state index in [1.807, 2.05) is 6.92 Å². The van der Waals surface area contributed by atoms with Crippen LogP contribution in [0.15, 0.2) is 47.6 Å². The second kappa shape index (κ2) is 11.7. The van der Waals surface area contributed by atoms with Gasteiger partial charge in [0, 0.05) is 30.9 Å². The molecule has 0 saturated carbocycles. The molecular weight excluding hydrogens is 491 g/mol. The molecule has 0 atom stereocenters. The van der Waals surface area contributed by atoms with E-state index in [9.17, 15) is 17.6 Å². The number of guanidine groups is 1. The number of rotatable bonds is 7. The van der Waals surface area contributed by atoms with Crippen molar-refractivity contribution in [1.29, 1.82) is 0 Å². The van der Waals surface area contributed by atoms with Gasteiger partial charge in [-0.3, -0.25) is 0 Å². The Balaban J connectivity index is 0.00000392. The molecule has 28 heavy (non-hydrogen) atoms. The van der Waals surface area contributed by atoms with Crippen molar-refractivity contribution in [2.24, 2.45) is 4.99 Å². The third kappa shape index (κ3) is 8.72. The smallest absolute Gasteiger partial charge is 0.390 e. The Morgan fingerprint density at radius 3 is 2.64 bits per heavy atom. The minimum absolute atomic E-state index is 0. The van der Waals surface area contributed by atoms with Crippen LogP contribution in [0.3, 0.4) is 0 Å². The van der Waals surface area contributed by atoms with E-state index in [1.165, 1.54) is 24.4 Å². The molecule has 5 nitrogen and oxygen atoms in total. The molecule has 2 rings (SSSR count). The van der Waals surface area contributed by atoms with E-state index in [2.05, 4.69) is 20.6 Å². The van der Waals surface area contributed by atoms with E-state index in [1.54, 1.807) is 18.2 Å². The molecule has 1 aromatic carbocycles. The van der Waals surface area contributed by atoms with E-state index >= 15 is 0 Å². The van der Waals surface area contributed by atoms with Gasteiger partial charge in [-0.1, -0.05) is 12.1 Å². The molecule has 0 fully saturated rings. The van der Waals surface area contributed by atoms with Crippen molar-refractivity contribution in [3.63, 3.8) is 0 Å². The second-order valence-corrected chi connectivity index (χ2v) is 5.51. The Bertz CT molecular complexity index is 771. The summed E-state index contributed by atoms with van der Waals surface area (Å²) in [5, 5.41) is 5.51. The van der Waals surface area contributed by atoms with E-state index in [0.29, 0.717) is 12.1 Å². The molecule has 0 bridgehead atoms. The zero-order chi connectivity index (χ0) is 19.7. The topological polar surface area (TPSA) is 58.5 Å².